The van der Waals surface area contributed by atoms with Crippen LogP contribution in [0.3, 0.4) is 0 Å². The first-order valence-corrected chi connectivity index (χ1v) is 13.3. The van der Waals surface area contributed by atoms with E-state index in [2.05, 4.69) is 11.9 Å². The third-order valence-corrected chi connectivity index (χ3v) is 7.85. The summed E-state index contributed by atoms with van der Waals surface area (Å²) in [5.74, 6) is -1.27. The first-order chi connectivity index (χ1) is 12.8. The fourth-order valence-electron chi connectivity index (χ4n) is 3.26. The van der Waals surface area contributed by atoms with Crippen LogP contribution in [0.15, 0.2) is 6.07 Å². The second-order valence-electron chi connectivity index (χ2n) is 7.61. The van der Waals surface area contributed by atoms with E-state index in [4.69, 9.17) is 9.16 Å². The van der Waals surface area contributed by atoms with E-state index in [0.29, 0.717) is 6.61 Å². The maximum absolute atomic E-state index is 12.4. The highest BCUT2D eigenvalue weighted by molar-refractivity contribution is 6.72. The summed E-state index contributed by atoms with van der Waals surface area (Å²) < 4.78 is 11.6. The zero-order valence-corrected chi connectivity index (χ0v) is 18.3. The molecule has 0 aliphatic carbocycles. The third kappa shape index (κ3) is 8.39. The first-order valence-electron chi connectivity index (χ1n) is 10.3. The van der Waals surface area contributed by atoms with Gasteiger partial charge < -0.3 is 19.4 Å². The van der Waals surface area contributed by atoms with Gasteiger partial charge in [-0.15, -0.1) is 0 Å². The average Bonchev–Trinajstić information content (AvgIpc) is 2.94. The van der Waals surface area contributed by atoms with E-state index in [1.807, 2.05) is 20.0 Å². The molecule has 7 heteroatoms. The van der Waals surface area contributed by atoms with Crippen molar-refractivity contribution >= 4 is 14.3 Å². The normalized spacial score (nSPS) is 12.9. The number of carbonyl (C=O) groups is 1. The number of carbonyl (C=O) groups excluding carboxylic acids is 1. The second kappa shape index (κ2) is 12.1. The Balaban J connectivity index is 2.56. The van der Waals surface area contributed by atoms with Crippen LogP contribution in [0, 0.1) is 0 Å². The molecule has 0 aromatic carbocycles. The molecule has 27 heavy (non-hydrogen) atoms. The van der Waals surface area contributed by atoms with Gasteiger partial charge in [-0.2, -0.15) is 0 Å². The van der Waals surface area contributed by atoms with Gasteiger partial charge in [-0.1, -0.05) is 51.9 Å². The molecule has 156 valence electrons. The quantitative estimate of drug-likeness (QED) is 0.225. The smallest absolute Gasteiger partial charge is 0.343 e. The molecule has 1 heterocycles. The largest absolute Gasteiger partial charge is 0.494 e. The highest BCUT2D eigenvalue weighted by Crippen LogP contribution is 2.26. The SMILES string of the molecule is CCCCCCCCCCC(OC(=O)c1cc(O)[nH]c1O)[Si](C)(C)OCC. The number of aromatic nitrogens is 1. The summed E-state index contributed by atoms with van der Waals surface area (Å²) in [6.07, 6.45) is 10.5. The zero-order chi connectivity index (χ0) is 20.3. The molecule has 1 atom stereocenters. The Hall–Kier alpha value is -1.47. The minimum Gasteiger partial charge on any atom is -0.494 e. The molecule has 1 aromatic rings. The molecule has 0 saturated heterocycles. The van der Waals surface area contributed by atoms with Gasteiger partial charge in [0.25, 0.3) is 0 Å². The molecule has 0 fully saturated rings. The molecule has 0 bridgehead atoms. The predicted molar refractivity (Wildman–Crippen MR) is 110 cm³/mol. The lowest BCUT2D eigenvalue weighted by Gasteiger charge is -2.31. The number of hydrogen-bond acceptors (Lipinski definition) is 5. The van der Waals surface area contributed by atoms with Crippen LogP contribution in [0.5, 0.6) is 11.8 Å². The van der Waals surface area contributed by atoms with Gasteiger partial charge in [0.05, 0.1) is 0 Å². The van der Waals surface area contributed by atoms with E-state index in [1.54, 1.807) is 0 Å². The van der Waals surface area contributed by atoms with Gasteiger partial charge in [-0.3, -0.25) is 4.98 Å². The van der Waals surface area contributed by atoms with E-state index >= 15 is 0 Å². The Morgan fingerprint density at radius 3 is 2.19 bits per heavy atom. The molecule has 3 N–H and O–H groups in total. The van der Waals surface area contributed by atoms with Gasteiger partial charge in [0.15, 0.2) is 5.88 Å². The number of H-pyrrole nitrogens is 1. The Morgan fingerprint density at radius 2 is 1.67 bits per heavy atom. The van der Waals surface area contributed by atoms with Gasteiger partial charge in [-0.05, 0) is 32.9 Å². The topological polar surface area (TPSA) is 91.8 Å². The van der Waals surface area contributed by atoms with Crippen molar-refractivity contribution in [3.63, 3.8) is 0 Å². The molecule has 1 unspecified atom stereocenters. The number of aromatic hydroxyl groups is 2. The third-order valence-electron chi connectivity index (χ3n) is 4.86. The lowest BCUT2D eigenvalue weighted by Crippen LogP contribution is -2.47. The average molecular weight is 400 g/mol. The van der Waals surface area contributed by atoms with Gasteiger partial charge in [0, 0.05) is 12.7 Å². The van der Waals surface area contributed by atoms with Crippen LogP contribution in [0.2, 0.25) is 13.1 Å². The summed E-state index contributed by atoms with van der Waals surface area (Å²) in [5.41, 5.74) is -0.337. The number of hydrogen-bond donors (Lipinski definition) is 3. The lowest BCUT2D eigenvalue weighted by molar-refractivity contribution is 0.0371. The van der Waals surface area contributed by atoms with Crippen LogP contribution < -0.4 is 0 Å². The summed E-state index contributed by atoms with van der Waals surface area (Å²) in [5, 5.41) is 19.1. The minimum absolute atomic E-state index is 0.0466. The van der Waals surface area contributed by atoms with Crippen LogP contribution in [0.1, 0.15) is 82.0 Å². The number of rotatable bonds is 14. The summed E-state index contributed by atoms with van der Waals surface area (Å²) in [6.45, 7) is 8.85. The van der Waals surface area contributed by atoms with Crippen molar-refractivity contribution in [3.8, 4) is 11.8 Å². The molecule has 1 rings (SSSR count). The molecule has 0 radical (unpaired) electrons. The zero-order valence-electron chi connectivity index (χ0n) is 17.3. The van der Waals surface area contributed by atoms with Gasteiger partial charge in [-0.25, -0.2) is 4.79 Å². The molecule has 1 aromatic heterocycles. The Labute approximate surface area is 164 Å². The van der Waals surface area contributed by atoms with Crippen molar-refractivity contribution in [2.45, 2.75) is 90.5 Å². The highest BCUT2D eigenvalue weighted by Gasteiger charge is 2.37. The number of unbranched alkanes of at least 4 members (excludes halogenated alkanes) is 7. The minimum atomic E-state index is -2.22. The first kappa shape index (κ1) is 23.6. The van der Waals surface area contributed by atoms with Crippen LogP contribution in [0.25, 0.3) is 0 Å². The van der Waals surface area contributed by atoms with Crippen molar-refractivity contribution in [1.82, 2.24) is 4.98 Å². The number of aromatic amines is 1. The highest BCUT2D eigenvalue weighted by atomic mass is 28.4. The molecule has 0 aliphatic rings. The molecule has 0 amide bonds. The number of nitrogens with one attached hydrogen (secondary N) is 1. The fourth-order valence-corrected chi connectivity index (χ4v) is 5.48. The lowest BCUT2D eigenvalue weighted by atomic mass is 10.1. The molecule has 0 spiro atoms. The van der Waals surface area contributed by atoms with Crippen LogP contribution in [-0.2, 0) is 9.16 Å². The van der Waals surface area contributed by atoms with Gasteiger partial charge in [0.1, 0.15) is 11.3 Å². The molecule has 6 nitrogen and oxygen atoms in total. The van der Waals surface area contributed by atoms with Crippen molar-refractivity contribution in [2.24, 2.45) is 0 Å². The van der Waals surface area contributed by atoms with Crippen molar-refractivity contribution in [3.05, 3.63) is 11.6 Å². The fraction of sp³-hybridized carbons (Fsp3) is 0.750. The van der Waals surface area contributed by atoms with Crippen molar-refractivity contribution in [2.75, 3.05) is 6.61 Å². The van der Waals surface area contributed by atoms with Crippen molar-refractivity contribution in [1.29, 1.82) is 0 Å². The van der Waals surface area contributed by atoms with E-state index in [9.17, 15) is 15.0 Å². The number of esters is 1. The standard InChI is InChI=1S/C20H37NO5Si/c1-5-7-8-9-10-11-12-13-14-18(27(3,4)25-6-2)26-20(24)16-15-17(22)21-19(16)23/h15,18,21-23H,5-14H2,1-4H3. The summed E-state index contributed by atoms with van der Waals surface area (Å²) in [4.78, 5) is 14.7. The van der Waals surface area contributed by atoms with E-state index < -0.39 is 14.3 Å². The Bertz CT molecular complexity index is 559. The number of ether oxygens (including phenoxy) is 1. The van der Waals surface area contributed by atoms with E-state index in [-0.39, 0.29) is 23.1 Å². The Kier molecular flexibility index (Phi) is 10.5. The molecule has 0 aliphatic heterocycles. The molecular weight excluding hydrogens is 362 g/mol. The summed E-state index contributed by atoms with van der Waals surface area (Å²) >= 11 is 0. The predicted octanol–water partition coefficient (Wildman–Crippen LogP) is 5.26. The maximum atomic E-state index is 12.4. The van der Waals surface area contributed by atoms with Gasteiger partial charge in [0.2, 0.25) is 14.2 Å². The van der Waals surface area contributed by atoms with Crippen molar-refractivity contribution < 1.29 is 24.2 Å². The molecular formula is C20H37NO5Si. The van der Waals surface area contributed by atoms with Gasteiger partial charge >= 0.3 is 5.97 Å². The summed E-state index contributed by atoms with van der Waals surface area (Å²) in [6, 6.07) is 1.18. The summed E-state index contributed by atoms with van der Waals surface area (Å²) in [7, 11) is -2.22. The second-order valence-corrected chi connectivity index (χ2v) is 11.8. The monoisotopic (exact) mass is 399 g/mol. The van der Waals surface area contributed by atoms with E-state index in [0.717, 1.165) is 19.3 Å². The maximum Gasteiger partial charge on any atom is 0.343 e. The Morgan fingerprint density at radius 1 is 1.07 bits per heavy atom. The van der Waals surface area contributed by atoms with Crippen LogP contribution in [0.4, 0.5) is 0 Å². The van der Waals surface area contributed by atoms with Crippen LogP contribution >= 0.6 is 0 Å². The van der Waals surface area contributed by atoms with Crippen LogP contribution in [-0.4, -0.2) is 41.8 Å². The molecule has 0 saturated carbocycles. The van der Waals surface area contributed by atoms with E-state index in [1.165, 1.54) is 44.6 Å².